The van der Waals surface area contributed by atoms with Crippen LogP contribution in [0.1, 0.15) is 16.7 Å². The molecule has 1 aliphatic rings. The van der Waals surface area contributed by atoms with Crippen molar-refractivity contribution >= 4 is 17.7 Å². The summed E-state index contributed by atoms with van der Waals surface area (Å²) in [6, 6.07) is 13.4. The van der Waals surface area contributed by atoms with Crippen molar-refractivity contribution in [1.29, 1.82) is 0 Å². The third-order valence-corrected chi connectivity index (χ3v) is 7.56. The monoisotopic (exact) mass is 639 g/mol. The van der Waals surface area contributed by atoms with Gasteiger partial charge in [0.25, 0.3) is 5.56 Å². The average molecular weight is 640 g/mol. The zero-order valence-corrected chi connectivity index (χ0v) is 24.9. The first kappa shape index (κ1) is 34.2. The molecule has 2 aromatic carbocycles. The van der Waals surface area contributed by atoms with Gasteiger partial charge in [-0.25, -0.2) is 4.79 Å². The smallest absolute Gasteiger partial charge is 0.328 e. The molecule has 1 fully saturated rings. The molecule has 2 heterocycles. The van der Waals surface area contributed by atoms with Crippen molar-refractivity contribution < 1.29 is 39.5 Å². The molecule has 7 atom stereocenters. The summed E-state index contributed by atoms with van der Waals surface area (Å²) >= 11 is 0. The standard InChI is InChI=1S/C31H37N5O10/c1-17-14-36(31(45)35-27(17)41)15-23(38)32-20(12-18-8-4-2-5-9-18)28(42)33-21(13-19-10-6-3-7-11-19)29(43)34-24-26(40)25(39)22(16-37)46-30(24)44/h2-11,14,20-22,24-26,30,37,39-40,44H,12-13,15-16H2,1H3,(H,32,38)(H,33,42)(H,34,43)(H,35,41,45)/t20?,21?,22?,24?,25?,26-,30-/m1/s1. The molecule has 15 heteroatoms. The van der Waals surface area contributed by atoms with Crippen LogP contribution in [0.5, 0.6) is 0 Å². The Bertz CT molecular complexity index is 1610. The minimum Gasteiger partial charge on any atom is -0.394 e. The number of ether oxygens (including phenoxy) is 1. The molecule has 4 rings (SSSR count). The second-order valence-corrected chi connectivity index (χ2v) is 11.0. The van der Waals surface area contributed by atoms with Crippen LogP contribution in [0, 0.1) is 6.92 Å². The zero-order valence-electron chi connectivity index (χ0n) is 24.9. The first-order valence-electron chi connectivity index (χ1n) is 14.6. The van der Waals surface area contributed by atoms with E-state index in [0.29, 0.717) is 11.1 Å². The molecule has 15 nitrogen and oxygen atoms in total. The number of rotatable bonds is 12. The number of nitrogens with zero attached hydrogens (tertiary/aromatic N) is 1. The van der Waals surface area contributed by atoms with Gasteiger partial charge in [-0.05, 0) is 18.1 Å². The summed E-state index contributed by atoms with van der Waals surface area (Å²) in [5, 5.41) is 48.2. The first-order valence-corrected chi connectivity index (χ1v) is 14.6. The lowest BCUT2D eigenvalue weighted by Crippen LogP contribution is -2.66. The van der Waals surface area contributed by atoms with Gasteiger partial charge in [0.15, 0.2) is 6.29 Å². The largest absolute Gasteiger partial charge is 0.394 e. The molecular weight excluding hydrogens is 602 g/mol. The molecule has 1 aliphatic heterocycles. The van der Waals surface area contributed by atoms with E-state index in [2.05, 4.69) is 20.9 Å². The maximum Gasteiger partial charge on any atom is 0.328 e. The average Bonchev–Trinajstić information content (AvgIpc) is 3.03. The van der Waals surface area contributed by atoms with Gasteiger partial charge in [-0.1, -0.05) is 60.7 Å². The fourth-order valence-corrected chi connectivity index (χ4v) is 5.04. The number of nitrogens with one attached hydrogen (secondary N) is 4. The van der Waals surface area contributed by atoms with Crippen molar-refractivity contribution in [3.05, 3.63) is 104 Å². The number of aliphatic hydroxyl groups excluding tert-OH is 4. The number of H-pyrrole nitrogens is 1. The van der Waals surface area contributed by atoms with Crippen LogP contribution in [-0.4, -0.2) is 97.0 Å². The van der Waals surface area contributed by atoms with Crippen LogP contribution in [-0.2, 0) is 38.5 Å². The molecule has 0 saturated carbocycles. The predicted octanol–water partition coefficient (Wildman–Crippen LogP) is -2.78. The van der Waals surface area contributed by atoms with Crippen LogP contribution in [0.25, 0.3) is 0 Å². The van der Waals surface area contributed by atoms with E-state index in [1.807, 2.05) is 0 Å². The predicted molar refractivity (Wildman–Crippen MR) is 162 cm³/mol. The van der Waals surface area contributed by atoms with Gasteiger partial charge in [-0.2, -0.15) is 0 Å². The van der Waals surface area contributed by atoms with Gasteiger partial charge in [0.05, 0.1) is 6.61 Å². The number of hydrogen-bond donors (Lipinski definition) is 8. The van der Waals surface area contributed by atoms with Gasteiger partial charge >= 0.3 is 5.69 Å². The number of aliphatic hydroxyl groups is 4. The van der Waals surface area contributed by atoms with E-state index in [-0.39, 0.29) is 18.4 Å². The molecule has 0 bridgehead atoms. The lowest BCUT2D eigenvalue weighted by Gasteiger charge is -2.40. The highest BCUT2D eigenvalue weighted by Crippen LogP contribution is 2.20. The van der Waals surface area contributed by atoms with Gasteiger partial charge < -0.3 is 41.1 Å². The van der Waals surface area contributed by atoms with E-state index in [9.17, 15) is 44.4 Å². The van der Waals surface area contributed by atoms with Gasteiger partial charge in [0, 0.05) is 24.6 Å². The SMILES string of the molecule is Cc1cn(CC(=O)NC(Cc2ccccc2)C(=O)NC(Cc2ccccc2)C(=O)NC2[C@@H](O)C(O)C(CO)O[C@H]2O)c(=O)[nH]c1=O. The Morgan fingerprint density at radius 1 is 0.870 bits per heavy atom. The summed E-state index contributed by atoms with van der Waals surface area (Å²) < 4.78 is 6.13. The number of benzene rings is 2. The number of aromatic nitrogens is 2. The molecule has 5 unspecified atom stereocenters. The minimum absolute atomic E-state index is 0.0142. The third kappa shape index (κ3) is 8.74. The van der Waals surface area contributed by atoms with Crippen LogP contribution >= 0.6 is 0 Å². The molecule has 46 heavy (non-hydrogen) atoms. The minimum atomic E-state index is -1.78. The Kier molecular flexibility index (Phi) is 11.6. The molecule has 1 saturated heterocycles. The van der Waals surface area contributed by atoms with Crippen molar-refractivity contribution in [2.24, 2.45) is 0 Å². The first-order chi connectivity index (χ1) is 22.0. The van der Waals surface area contributed by atoms with Gasteiger partial charge in [0.2, 0.25) is 17.7 Å². The summed E-state index contributed by atoms with van der Waals surface area (Å²) in [5.41, 5.74) is 0.149. The molecule has 3 amide bonds. The van der Waals surface area contributed by atoms with Crippen LogP contribution < -0.4 is 27.2 Å². The van der Waals surface area contributed by atoms with E-state index in [1.165, 1.54) is 13.1 Å². The van der Waals surface area contributed by atoms with Crippen molar-refractivity contribution in [3.63, 3.8) is 0 Å². The number of amides is 3. The van der Waals surface area contributed by atoms with Crippen LogP contribution in [0.15, 0.2) is 76.4 Å². The van der Waals surface area contributed by atoms with E-state index in [0.717, 1.165) is 4.57 Å². The molecule has 0 radical (unpaired) electrons. The van der Waals surface area contributed by atoms with E-state index < -0.39 is 84.8 Å². The number of aryl methyl sites for hydroxylation is 1. The molecule has 3 aromatic rings. The molecule has 8 N–H and O–H groups in total. The van der Waals surface area contributed by atoms with Crippen LogP contribution in [0.2, 0.25) is 0 Å². The Balaban J connectivity index is 1.56. The second kappa shape index (κ2) is 15.6. The molecule has 246 valence electrons. The quantitative estimate of drug-likeness (QED) is 0.102. The Hall–Kier alpha value is -4.67. The summed E-state index contributed by atoms with van der Waals surface area (Å²) in [6.07, 6.45) is -5.18. The highest BCUT2D eigenvalue weighted by atomic mass is 16.6. The summed E-state index contributed by atoms with van der Waals surface area (Å²) in [7, 11) is 0. The topological polar surface area (TPSA) is 232 Å². The van der Waals surface area contributed by atoms with Gasteiger partial charge in [-0.15, -0.1) is 0 Å². The normalized spacial score (nSPS) is 22.3. The van der Waals surface area contributed by atoms with Crippen molar-refractivity contribution in [1.82, 2.24) is 25.5 Å². The lowest BCUT2D eigenvalue weighted by molar-refractivity contribution is -0.254. The fourth-order valence-electron chi connectivity index (χ4n) is 5.04. The highest BCUT2D eigenvalue weighted by molar-refractivity contribution is 5.92. The number of hydrogen-bond acceptors (Lipinski definition) is 10. The van der Waals surface area contributed by atoms with Gasteiger partial charge in [0.1, 0.15) is 43.0 Å². The Morgan fingerprint density at radius 3 is 2.00 bits per heavy atom. The van der Waals surface area contributed by atoms with Crippen LogP contribution in [0.3, 0.4) is 0 Å². The maximum atomic E-state index is 13.7. The molecular formula is C31H37N5O10. The summed E-state index contributed by atoms with van der Waals surface area (Å²) in [6.45, 7) is 0.282. The van der Waals surface area contributed by atoms with E-state index in [4.69, 9.17) is 4.74 Å². The lowest BCUT2D eigenvalue weighted by atomic mass is 9.96. The van der Waals surface area contributed by atoms with E-state index in [1.54, 1.807) is 60.7 Å². The molecule has 1 aromatic heterocycles. The van der Waals surface area contributed by atoms with Crippen LogP contribution in [0.4, 0.5) is 0 Å². The Morgan fingerprint density at radius 2 is 1.43 bits per heavy atom. The summed E-state index contributed by atoms with van der Waals surface area (Å²) in [5.74, 6) is -2.30. The number of carbonyl (C=O) groups excluding carboxylic acids is 3. The van der Waals surface area contributed by atoms with Crippen molar-refractivity contribution in [2.75, 3.05) is 6.61 Å². The zero-order chi connectivity index (χ0) is 33.4. The third-order valence-electron chi connectivity index (χ3n) is 7.56. The maximum absolute atomic E-state index is 13.7. The second-order valence-electron chi connectivity index (χ2n) is 11.0. The number of aromatic amines is 1. The highest BCUT2D eigenvalue weighted by Gasteiger charge is 2.45. The van der Waals surface area contributed by atoms with E-state index >= 15 is 0 Å². The van der Waals surface area contributed by atoms with Gasteiger partial charge in [-0.3, -0.25) is 28.7 Å². The molecule has 0 spiro atoms. The van der Waals surface area contributed by atoms with Crippen molar-refractivity contribution in [3.8, 4) is 0 Å². The fraction of sp³-hybridized carbons (Fsp3) is 0.387. The summed E-state index contributed by atoms with van der Waals surface area (Å²) in [4.78, 5) is 66.4. The Labute approximate surface area is 262 Å². The number of carbonyl (C=O) groups is 3. The molecule has 0 aliphatic carbocycles. The van der Waals surface area contributed by atoms with Crippen molar-refractivity contribution in [2.45, 2.75) is 69.0 Å².